The summed E-state index contributed by atoms with van der Waals surface area (Å²) in [7, 11) is 2.14. The minimum atomic E-state index is 0.283. The predicted molar refractivity (Wildman–Crippen MR) is 78.1 cm³/mol. The fourth-order valence-electron chi connectivity index (χ4n) is 3.25. The summed E-state index contributed by atoms with van der Waals surface area (Å²) in [6.45, 7) is 8.40. The van der Waals surface area contributed by atoms with E-state index < -0.39 is 0 Å². The lowest BCUT2D eigenvalue weighted by atomic mass is 9.94. The van der Waals surface area contributed by atoms with Crippen LogP contribution in [0.1, 0.15) is 39.5 Å². The van der Waals surface area contributed by atoms with E-state index >= 15 is 0 Å². The van der Waals surface area contributed by atoms with E-state index in [0.717, 1.165) is 51.9 Å². The quantitative estimate of drug-likeness (QED) is 0.837. The molecule has 2 rings (SSSR count). The Morgan fingerprint density at radius 3 is 2.16 bits per heavy atom. The van der Waals surface area contributed by atoms with E-state index in [1.165, 1.54) is 0 Å². The lowest BCUT2D eigenvalue weighted by Crippen LogP contribution is -2.49. The minimum Gasteiger partial charge on any atom is -0.342 e. The fraction of sp³-hybridized carbons (Fsp3) is 0.933. The van der Waals surface area contributed by atoms with Gasteiger partial charge in [0.15, 0.2) is 0 Å². The van der Waals surface area contributed by atoms with Crippen molar-refractivity contribution in [2.75, 3.05) is 33.2 Å². The molecule has 0 spiro atoms. The molecule has 0 aromatic rings. The van der Waals surface area contributed by atoms with Crippen molar-refractivity contribution in [3.8, 4) is 0 Å². The average Bonchev–Trinajstić information content (AvgIpc) is 2.39. The Morgan fingerprint density at radius 2 is 1.63 bits per heavy atom. The van der Waals surface area contributed by atoms with Crippen molar-refractivity contribution in [1.82, 2.24) is 15.1 Å². The molecule has 0 bridgehead atoms. The van der Waals surface area contributed by atoms with Crippen molar-refractivity contribution in [2.45, 2.75) is 51.6 Å². The number of rotatable bonds is 3. The molecule has 19 heavy (non-hydrogen) atoms. The molecule has 0 radical (unpaired) electrons. The van der Waals surface area contributed by atoms with Crippen LogP contribution >= 0.6 is 0 Å². The molecule has 2 saturated heterocycles. The number of nitrogens with zero attached hydrogens (tertiary/aromatic N) is 2. The Balaban J connectivity index is 1.76. The van der Waals surface area contributed by atoms with Gasteiger partial charge >= 0.3 is 0 Å². The standard InChI is InChI=1S/C15H29N3O/c1-12(2)16-14-6-10-18(11-7-14)15(19)13-4-8-17(3)9-5-13/h12-14,16H,4-11H2,1-3H3. The summed E-state index contributed by atoms with van der Waals surface area (Å²) in [4.78, 5) is 16.9. The highest BCUT2D eigenvalue weighted by molar-refractivity contribution is 5.79. The van der Waals surface area contributed by atoms with Crippen LogP contribution in [0.15, 0.2) is 0 Å². The Bertz CT molecular complexity index is 290. The fourth-order valence-corrected chi connectivity index (χ4v) is 3.25. The Morgan fingerprint density at radius 1 is 1.05 bits per heavy atom. The molecular formula is C15H29N3O. The normalized spacial score (nSPS) is 24.1. The second kappa shape index (κ2) is 6.71. The van der Waals surface area contributed by atoms with Gasteiger partial charge in [0.1, 0.15) is 0 Å². The third-order valence-electron chi connectivity index (χ3n) is 4.44. The van der Waals surface area contributed by atoms with Crippen LogP contribution in [-0.4, -0.2) is 61.0 Å². The van der Waals surface area contributed by atoms with E-state index in [1.807, 2.05) is 0 Å². The number of amides is 1. The number of carbonyl (C=O) groups excluding carboxylic acids is 1. The van der Waals surface area contributed by atoms with Crippen molar-refractivity contribution in [3.05, 3.63) is 0 Å². The number of hydrogen-bond acceptors (Lipinski definition) is 3. The molecular weight excluding hydrogens is 238 g/mol. The Hall–Kier alpha value is -0.610. The summed E-state index contributed by atoms with van der Waals surface area (Å²) < 4.78 is 0. The van der Waals surface area contributed by atoms with Crippen LogP contribution in [0.4, 0.5) is 0 Å². The molecule has 4 heteroatoms. The van der Waals surface area contributed by atoms with Crippen LogP contribution in [0.2, 0.25) is 0 Å². The van der Waals surface area contributed by atoms with Crippen LogP contribution in [-0.2, 0) is 4.79 Å². The first-order valence-electron chi connectivity index (χ1n) is 7.79. The highest BCUT2D eigenvalue weighted by Gasteiger charge is 2.30. The molecule has 0 aromatic carbocycles. The topological polar surface area (TPSA) is 35.6 Å². The second-order valence-corrected chi connectivity index (χ2v) is 6.50. The van der Waals surface area contributed by atoms with E-state index in [0.29, 0.717) is 18.0 Å². The van der Waals surface area contributed by atoms with Crippen LogP contribution in [0.3, 0.4) is 0 Å². The van der Waals surface area contributed by atoms with E-state index in [4.69, 9.17) is 0 Å². The zero-order valence-electron chi connectivity index (χ0n) is 12.7. The molecule has 0 aromatic heterocycles. The van der Waals surface area contributed by atoms with Crippen molar-refractivity contribution in [1.29, 1.82) is 0 Å². The van der Waals surface area contributed by atoms with Gasteiger partial charge in [-0.05, 0) is 45.8 Å². The first kappa shape index (κ1) is 14.8. The first-order chi connectivity index (χ1) is 9.06. The van der Waals surface area contributed by atoms with E-state index in [2.05, 4.69) is 36.0 Å². The summed E-state index contributed by atoms with van der Waals surface area (Å²) in [5, 5.41) is 3.58. The van der Waals surface area contributed by atoms with Crippen LogP contribution < -0.4 is 5.32 Å². The van der Waals surface area contributed by atoms with Gasteiger partial charge in [0.2, 0.25) is 5.91 Å². The third-order valence-corrected chi connectivity index (χ3v) is 4.44. The first-order valence-corrected chi connectivity index (χ1v) is 7.79. The van der Waals surface area contributed by atoms with Crippen LogP contribution in [0.25, 0.3) is 0 Å². The monoisotopic (exact) mass is 267 g/mol. The molecule has 0 saturated carbocycles. The second-order valence-electron chi connectivity index (χ2n) is 6.50. The molecule has 0 aliphatic carbocycles. The van der Waals surface area contributed by atoms with Gasteiger partial charge in [-0.25, -0.2) is 0 Å². The SMILES string of the molecule is CC(C)NC1CCN(C(=O)C2CCN(C)CC2)CC1. The van der Waals surface area contributed by atoms with Gasteiger partial charge in [-0.1, -0.05) is 13.8 Å². The lowest BCUT2D eigenvalue weighted by Gasteiger charge is -2.37. The predicted octanol–water partition coefficient (Wildman–Crippen LogP) is 1.32. The minimum absolute atomic E-state index is 0.283. The van der Waals surface area contributed by atoms with Gasteiger partial charge in [-0.3, -0.25) is 4.79 Å². The van der Waals surface area contributed by atoms with Crippen molar-refractivity contribution in [2.24, 2.45) is 5.92 Å². The van der Waals surface area contributed by atoms with Gasteiger partial charge in [-0.15, -0.1) is 0 Å². The Kier molecular flexibility index (Phi) is 5.22. The van der Waals surface area contributed by atoms with E-state index in [1.54, 1.807) is 0 Å². The van der Waals surface area contributed by atoms with Crippen molar-refractivity contribution < 1.29 is 4.79 Å². The van der Waals surface area contributed by atoms with Crippen LogP contribution in [0.5, 0.6) is 0 Å². The number of piperidine rings is 2. The number of nitrogens with one attached hydrogen (secondary N) is 1. The molecule has 0 unspecified atom stereocenters. The molecule has 2 heterocycles. The molecule has 4 nitrogen and oxygen atoms in total. The largest absolute Gasteiger partial charge is 0.342 e. The van der Waals surface area contributed by atoms with Gasteiger partial charge in [0.05, 0.1) is 0 Å². The molecule has 2 aliphatic rings. The maximum atomic E-state index is 12.5. The van der Waals surface area contributed by atoms with Crippen molar-refractivity contribution >= 4 is 5.91 Å². The van der Waals surface area contributed by atoms with Crippen LogP contribution in [0, 0.1) is 5.92 Å². The molecule has 1 N–H and O–H groups in total. The van der Waals surface area contributed by atoms with E-state index in [9.17, 15) is 4.79 Å². The maximum Gasteiger partial charge on any atom is 0.225 e. The third kappa shape index (κ3) is 4.18. The molecule has 110 valence electrons. The van der Waals surface area contributed by atoms with E-state index in [-0.39, 0.29) is 5.92 Å². The summed E-state index contributed by atoms with van der Waals surface area (Å²) in [6, 6.07) is 1.14. The number of hydrogen-bond donors (Lipinski definition) is 1. The summed E-state index contributed by atoms with van der Waals surface area (Å²) >= 11 is 0. The van der Waals surface area contributed by atoms with Gasteiger partial charge in [-0.2, -0.15) is 0 Å². The number of likely N-dealkylation sites (tertiary alicyclic amines) is 2. The summed E-state index contributed by atoms with van der Waals surface area (Å²) in [5.74, 6) is 0.696. The summed E-state index contributed by atoms with van der Waals surface area (Å²) in [6.07, 6.45) is 4.30. The summed E-state index contributed by atoms with van der Waals surface area (Å²) in [5.41, 5.74) is 0. The highest BCUT2D eigenvalue weighted by atomic mass is 16.2. The molecule has 2 aliphatic heterocycles. The number of carbonyl (C=O) groups is 1. The van der Waals surface area contributed by atoms with Gasteiger partial charge in [0.25, 0.3) is 0 Å². The zero-order valence-corrected chi connectivity index (χ0v) is 12.7. The average molecular weight is 267 g/mol. The highest BCUT2D eigenvalue weighted by Crippen LogP contribution is 2.21. The Labute approximate surface area is 117 Å². The molecule has 2 fully saturated rings. The molecule has 1 amide bonds. The maximum absolute atomic E-state index is 12.5. The zero-order chi connectivity index (χ0) is 13.8. The van der Waals surface area contributed by atoms with Crippen molar-refractivity contribution in [3.63, 3.8) is 0 Å². The smallest absolute Gasteiger partial charge is 0.225 e. The molecule has 0 atom stereocenters. The lowest BCUT2D eigenvalue weighted by molar-refractivity contribution is -0.138. The van der Waals surface area contributed by atoms with Gasteiger partial charge < -0.3 is 15.1 Å². The van der Waals surface area contributed by atoms with Gasteiger partial charge in [0, 0.05) is 31.1 Å².